The molecule has 230 valence electrons. The van der Waals surface area contributed by atoms with Crippen LogP contribution in [0.5, 0.6) is 0 Å². The summed E-state index contributed by atoms with van der Waals surface area (Å²) < 4.78 is 103. The monoisotopic (exact) mass is 663 g/mol. The number of halogens is 3. The Kier molecular flexibility index (Phi) is 8.26. The smallest absolute Gasteiger partial charge is 0.348 e. The molecule has 0 aliphatic carbocycles. The molecule has 0 saturated carbocycles. The molecular weight excluding hydrogens is 640 g/mol. The zero-order valence-corrected chi connectivity index (χ0v) is 25.6. The summed E-state index contributed by atoms with van der Waals surface area (Å²) >= 11 is 4.91. The lowest BCUT2D eigenvalue weighted by Gasteiger charge is -2.28. The number of benzene rings is 3. The van der Waals surface area contributed by atoms with E-state index < -0.39 is 45.0 Å². The molecule has 3 aromatic carbocycles. The number of aromatic nitrogens is 3. The maximum absolute atomic E-state index is 14.0. The van der Waals surface area contributed by atoms with Crippen molar-refractivity contribution < 1.29 is 34.5 Å². The highest BCUT2D eigenvalue weighted by Gasteiger charge is 2.39. The first kappa shape index (κ1) is 31.2. The van der Waals surface area contributed by atoms with Crippen LogP contribution in [0.1, 0.15) is 17.0 Å². The molecule has 0 aliphatic heterocycles. The van der Waals surface area contributed by atoms with Gasteiger partial charge in [-0.1, -0.05) is 59.7 Å². The fourth-order valence-electron chi connectivity index (χ4n) is 4.43. The van der Waals surface area contributed by atoms with Crippen molar-refractivity contribution in [2.24, 2.45) is 0 Å². The van der Waals surface area contributed by atoms with Crippen molar-refractivity contribution in [3.8, 4) is 0 Å². The van der Waals surface area contributed by atoms with Crippen molar-refractivity contribution in [1.29, 1.82) is 0 Å². The van der Waals surface area contributed by atoms with Gasteiger partial charge in [-0.25, -0.2) is 31.3 Å². The lowest BCUT2D eigenvalue weighted by molar-refractivity contribution is -0.117. The highest BCUT2D eigenvalue weighted by Crippen LogP contribution is 2.38. The third-order valence-corrected chi connectivity index (χ3v) is 10.3. The van der Waals surface area contributed by atoms with Gasteiger partial charge in [0.25, 0.3) is 20.0 Å². The molecule has 2 aromatic heterocycles. The zero-order chi connectivity index (χ0) is 31.9. The van der Waals surface area contributed by atoms with Crippen LogP contribution in [0.2, 0.25) is 0 Å². The number of alkyl halides is 3. The number of rotatable bonds is 9. The van der Waals surface area contributed by atoms with Gasteiger partial charge in [0.1, 0.15) is 6.54 Å². The molecule has 0 unspecified atom stereocenters. The average molecular weight is 664 g/mol. The molecule has 0 atom stereocenters. The topological polar surface area (TPSA) is 129 Å². The minimum Gasteiger partial charge on any atom is -0.348 e. The van der Waals surface area contributed by atoms with Crippen LogP contribution >= 0.6 is 12.2 Å². The van der Waals surface area contributed by atoms with Gasteiger partial charge in [-0.3, -0.25) is 4.31 Å². The standard InChI is InChI=1S/C28H24F3N5O5S3/c1-18-7-11-20(12-8-18)43(37,38)35(16-25-33-27(42)41-34-25)26-23-6-4-3-5-22(23)24(15-32-26)36(17-28(29,30)31)44(39,40)21-13-9-19(2)10-14-21/h3-15H,16-17H2,1-2H3,(H,33,34,42). The van der Waals surface area contributed by atoms with E-state index in [0.717, 1.165) is 16.1 Å². The molecule has 0 radical (unpaired) electrons. The average Bonchev–Trinajstić information content (AvgIpc) is 3.39. The van der Waals surface area contributed by atoms with Gasteiger partial charge < -0.3 is 4.52 Å². The molecule has 5 rings (SSSR count). The van der Waals surface area contributed by atoms with Crippen LogP contribution in [0.4, 0.5) is 24.7 Å². The molecule has 0 bridgehead atoms. The summed E-state index contributed by atoms with van der Waals surface area (Å²) in [5.74, 6) is -0.159. The first-order valence-electron chi connectivity index (χ1n) is 12.8. The number of anilines is 2. The number of aryl methyl sites for hydroxylation is 2. The number of fused-ring (bicyclic) bond motifs is 1. The summed E-state index contributed by atoms with van der Waals surface area (Å²) in [6.07, 6.45) is -4.01. The largest absolute Gasteiger partial charge is 0.407 e. The van der Waals surface area contributed by atoms with E-state index >= 15 is 0 Å². The molecule has 0 aliphatic rings. The van der Waals surface area contributed by atoms with E-state index in [9.17, 15) is 30.0 Å². The molecule has 10 nitrogen and oxygen atoms in total. The number of hydrogen-bond donors (Lipinski definition) is 1. The van der Waals surface area contributed by atoms with Gasteiger partial charge in [-0.05, 0) is 50.3 Å². The number of nitrogens with one attached hydrogen (secondary N) is 1. The number of hydrogen-bond acceptors (Lipinski definition) is 8. The summed E-state index contributed by atoms with van der Waals surface area (Å²) in [6, 6.07) is 17.2. The van der Waals surface area contributed by atoms with Crippen LogP contribution in [-0.4, -0.2) is 44.7 Å². The highest BCUT2D eigenvalue weighted by atomic mass is 32.2. The molecule has 0 saturated heterocycles. The fourth-order valence-corrected chi connectivity index (χ4v) is 7.44. The van der Waals surface area contributed by atoms with E-state index in [1.165, 1.54) is 60.7 Å². The van der Waals surface area contributed by atoms with E-state index in [4.69, 9.17) is 16.7 Å². The van der Waals surface area contributed by atoms with E-state index in [1.807, 2.05) is 0 Å². The van der Waals surface area contributed by atoms with E-state index in [-0.39, 0.29) is 41.3 Å². The van der Waals surface area contributed by atoms with Gasteiger partial charge in [-0.15, -0.1) is 0 Å². The highest BCUT2D eigenvalue weighted by molar-refractivity contribution is 7.93. The summed E-state index contributed by atoms with van der Waals surface area (Å²) in [5, 5.41) is 2.52. The Labute approximate surface area is 255 Å². The molecule has 0 spiro atoms. The fraction of sp³-hybridized carbons (Fsp3) is 0.179. The van der Waals surface area contributed by atoms with E-state index in [0.29, 0.717) is 5.56 Å². The normalized spacial score (nSPS) is 12.4. The van der Waals surface area contributed by atoms with Crippen LogP contribution in [0.25, 0.3) is 10.8 Å². The van der Waals surface area contributed by atoms with Crippen molar-refractivity contribution in [1.82, 2.24) is 15.1 Å². The Bertz CT molecular complexity index is 2100. The lowest BCUT2D eigenvalue weighted by atomic mass is 10.1. The van der Waals surface area contributed by atoms with Crippen molar-refractivity contribution in [3.63, 3.8) is 0 Å². The molecule has 5 aromatic rings. The molecule has 44 heavy (non-hydrogen) atoms. The number of H-pyrrole nitrogens is 1. The van der Waals surface area contributed by atoms with Crippen molar-refractivity contribution in [3.05, 3.63) is 101 Å². The summed E-state index contributed by atoms with van der Waals surface area (Å²) in [7, 11) is -9.11. The predicted molar refractivity (Wildman–Crippen MR) is 160 cm³/mol. The van der Waals surface area contributed by atoms with Gasteiger partial charge >= 0.3 is 11.0 Å². The first-order valence-corrected chi connectivity index (χ1v) is 16.1. The van der Waals surface area contributed by atoms with Gasteiger partial charge in [0.15, 0.2) is 11.6 Å². The third-order valence-electron chi connectivity index (χ3n) is 6.57. The maximum Gasteiger partial charge on any atom is 0.407 e. The minimum atomic E-state index is -4.93. The number of pyridine rings is 1. The van der Waals surface area contributed by atoms with Crippen LogP contribution in [-0.2, 0) is 26.6 Å². The third kappa shape index (κ3) is 6.32. The molecule has 2 heterocycles. The second-order valence-electron chi connectivity index (χ2n) is 9.81. The van der Waals surface area contributed by atoms with Gasteiger partial charge in [-0.2, -0.15) is 18.2 Å². The molecule has 1 N–H and O–H groups in total. The van der Waals surface area contributed by atoms with Crippen LogP contribution in [0.3, 0.4) is 0 Å². The molecular formula is C28H24F3N5O5S3. The lowest BCUT2D eigenvalue weighted by Crippen LogP contribution is -2.39. The maximum atomic E-state index is 14.0. The second kappa shape index (κ2) is 11.7. The van der Waals surface area contributed by atoms with E-state index in [2.05, 4.69) is 15.1 Å². The Morgan fingerprint density at radius 2 is 1.34 bits per heavy atom. The summed E-state index contributed by atoms with van der Waals surface area (Å²) in [5.41, 5.74) is 1.13. The minimum absolute atomic E-state index is 0.00892. The van der Waals surface area contributed by atoms with Gasteiger partial charge in [0, 0.05) is 10.8 Å². The number of nitrogens with zero attached hydrogens (tertiary/aromatic N) is 4. The SMILES string of the molecule is Cc1ccc(S(=O)(=O)N(CC(F)(F)F)c2cnc(N(Cc3nc(=S)o[nH]3)S(=O)(=O)c3ccc(C)cc3)c3ccccc23)cc1. The Balaban J connectivity index is 1.73. The molecule has 0 fully saturated rings. The Morgan fingerprint density at radius 1 is 0.818 bits per heavy atom. The summed E-state index contributed by atoms with van der Waals surface area (Å²) in [6.45, 7) is 1.20. The zero-order valence-electron chi connectivity index (χ0n) is 23.1. The Hall–Kier alpha value is -4.28. The second-order valence-corrected chi connectivity index (χ2v) is 13.9. The van der Waals surface area contributed by atoms with Crippen LogP contribution in [0.15, 0.2) is 93.3 Å². The van der Waals surface area contributed by atoms with Gasteiger partial charge in [0.05, 0.1) is 28.2 Å². The Morgan fingerprint density at radius 3 is 1.84 bits per heavy atom. The first-order chi connectivity index (χ1) is 20.7. The molecule has 16 heteroatoms. The van der Waals surface area contributed by atoms with Crippen molar-refractivity contribution >= 4 is 54.5 Å². The predicted octanol–water partition coefficient (Wildman–Crippen LogP) is 6.05. The van der Waals surface area contributed by atoms with E-state index in [1.54, 1.807) is 26.0 Å². The van der Waals surface area contributed by atoms with Crippen LogP contribution in [0, 0.1) is 18.7 Å². The number of sulfonamides is 2. The van der Waals surface area contributed by atoms with Crippen LogP contribution < -0.4 is 8.61 Å². The van der Waals surface area contributed by atoms with Crippen molar-refractivity contribution in [2.75, 3.05) is 15.2 Å². The quantitative estimate of drug-likeness (QED) is 0.189. The molecule has 0 amide bonds. The number of aromatic amines is 1. The summed E-state index contributed by atoms with van der Waals surface area (Å²) in [4.78, 5) is 7.62. The van der Waals surface area contributed by atoms with Gasteiger partial charge in [0.2, 0.25) is 0 Å². The van der Waals surface area contributed by atoms with Crippen molar-refractivity contribution in [2.45, 2.75) is 36.4 Å².